The zero-order chi connectivity index (χ0) is 26.2. The van der Waals surface area contributed by atoms with Gasteiger partial charge >= 0.3 is 0 Å². The lowest BCUT2D eigenvalue weighted by Crippen LogP contribution is -2.73. The molecule has 4 heterocycles. The van der Waals surface area contributed by atoms with Gasteiger partial charge < -0.3 is 9.64 Å². The lowest BCUT2D eigenvalue weighted by Gasteiger charge is -2.53. The number of ether oxygens (including phenoxy) is 1. The van der Waals surface area contributed by atoms with Crippen molar-refractivity contribution in [1.29, 1.82) is 0 Å². The molecule has 198 valence electrons. The molecule has 2 aromatic carbocycles. The summed E-state index contributed by atoms with van der Waals surface area (Å²) < 4.78 is 20.0. The molecule has 2 aromatic rings. The van der Waals surface area contributed by atoms with Crippen molar-refractivity contribution >= 4 is 29.3 Å². The highest BCUT2D eigenvalue weighted by Gasteiger charge is 2.63. The Balaban J connectivity index is 1.04. The summed E-state index contributed by atoms with van der Waals surface area (Å²) in [5.41, 5.74) is 1.55. The minimum absolute atomic E-state index is 0.0424. The van der Waals surface area contributed by atoms with E-state index in [2.05, 4.69) is 10.2 Å². The number of fused-ring (bicyclic) bond motifs is 3. The number of rotatable bonds is 5. The molecule has 0 radical (unpaired) electrons. The van der Waals surface area contributed by atoms with Crippen LogP contribution >= 0.6 is 11.6 Å². The molecule has 2 bridgehead atoms. The fourth-order valence-electron chi connectivity index (χ4n) is 7.14. The molecule has 2 saturated carbocycles. The van der Waals surface area contributed by atoms with Crippen molar-refractivity contribution in [3.63, 3.8) is 0 Å². The first-order valence-electron chi connectivity index (χ1n) is 13.5. The molecule has 38 heavy (non-hydrogen) atoms. The number of halogens is 2. The number of nitrogens with zero attached hydrogens (tertiary/aromatic N) is 2. The molecule has 2 atom stereocenters. The van der Waals surface area contributed by atoms with Crippen molar-refractivity contribution in [2.45, 2.75) is 68.7 Å². The Hall–Kier alpha value is -2.97. The van der Waals surface area contributed by atoms with Crippen LogP contribution in [0.2, 0.25) is 5.02 Å². The van der Waals surface area contributed by atoms with E-state index < -0.39 is 5.54 Å². The average Bonchev–Trinajstić information content (AvgIpc) is 3.15. The van der Waals surface area contributed by atoms with Crippen LogP contribution in [0.3, 0.4) is 0 Å². The molecule has 0 aromatic heterocycles. The van der Waals surface area contributed by atoms with Gasteiger partial charge in [-0.1, -0.05) is 24.1 Å². The summed E-state index contributed by atoms with van der Waals surface area (Å²) in [5, 5.41) is 2.92. The Morgan fingerprint density at radius 1 is 1.00 bits per heavy atom. The first-order chi connectivity index (χ1) is 18.3. The molecule has 2 aliphatic carbocycles. The zero-order valence-electron chi connectivity index (χ0n) is 20.9. The van der Waals surface area contributed by atoms with Gasteiger partial charge in [-0.05, 0) is 73.6 Å². The van der Waals surface area contributed by atoms with E-state index in [9.17, 15) is 18.8 Å². The van der Waals surface area contributed by atoms with E-state index in [-0.39, 0.29) is 35.6 Å². The predicted molar refractivity (Wildman–Crippen MR) is 137 cm³/mol. The van der Waals surface area contributed by atoms with E-state index >= 15 is 0 Å². The number of amides is 3. The molecule has 7 nitrogen and oxygen atoms in total. The predicted octanol–water partition coefficient (Wildman–Crippen LogP) is 4.03. The topological polar surface area (TPSA) is 79.0 Å². The number of hydrogen-bond acceptors (Lipinski definition) is 5. The number of nitrogens with one attached hydrogen (secondary N) is 1. The van der Waals surface area contributed by atoms with E-state index in [4.69, 9.17) is 16.3 Å². The van der Waals surface area contributed by atoms with Gasteiger partial charge in [-0.15, -0.1) is 0 Å². The second-order valence-electron chi connectivity index (χ2n) is 11.5. The van der Waals surface area contributed by atoms with E-state index in [1.165, 1.54) is 12.1 Å². The van der Waals surface area contributed by atoms with Crippen LogP contribution in [0, 0.1) is 11.7 Å². The normalized spacial score (nSPS) is 30.9. The highest BCUT2D eigenvalue weighted by molar-refractivity contribution is 6.31. The number of carbonyl (C=O) groups is 3. The highest BCUT2D eigenvalue weighted by atomic mass is 35.5. The molecule has 0 spiro atoms. The molecule has 5 fully saturated rings. The smallest absolute Gasteiger partial charge is 0.255 e. The van der Waals surface area contributed by atoms with Crippen LogP contribution in [0.4, 0.5) is 4.39 Å². The van der Waals surface area contributed by atoms with Crippen molar-refractivity contribution in [1.82, 2.24) is 15.1 Å². The molecular formula is C29H29ClFN3O4. The molecule has 3 amide bonds. The largest absolute Gasteiger partial charge is 0.489 e. The number of hydrogen-bond donors (Lipinski definition) is 1. The summed E-state index contributed by atoms with van der Waals surface area (Å²) in [6.07, 6.45) is 5.14. The van der Waals surface area contributed by atoms with Crippen molar-refractivity contribution < 1.29 is 23.5 Å². The summed E-state index contributed by atoms with van der Waals surface area (Å²) in [5.74, 6) is -0.219. The Kier molecular flexibility index (Phi) is 5.57. The Labute approximate surface area is 225 Å². The van der Waals surface area contributed by atoms with Crippen LogP contribution < -0.4 is 10.1 Å². The summed E-state index contributed by atoms with van der Waals surface area (Å²) in [6, 6.07) is 10.5. The van der Waals surface area contributed by atoms with Gasteiger partial charge in [0.05, 0.1) is 0 Å². The minimum atomic E-state index is -0.911. The molecule has 9 heteroatoms. The van der Waals surface area contributed by atoms with Crippen molar-refractivity contribution in [2.75, 3.05) is 13.1 Å². The molecule has 8 rings (SSSR count). The van der Waals surface area contributed by atoms with Gasteiger partial charge in [-0.25, -0.2) is 4.39 Å². The average molecular weight is 538 g/mol. The van der Waals surface area contributed by atoms with Gasteiger partial charge in [-0.3, -0.25) is 24.6 Å². The molecule has 4 aliphatic heterocycles. The third-order valence-electron chi connectivity index (χ3n) is 9.33. The third kappa shape index (κ3) is 3.67. The summed E-state index contributed by atoms with van der Waals surface area (Å²) in [7, 11) is 0. The molecular weight excluding hydrogens is 509 g/mol. The van der Waals surface area contributed by atoms with E-state index in [1.54, 1.807) is 17.0 Å². The lowest BCUT2D eigenvalue weighted by molar-refractivity contribution is -0.160. The van der Waals surface area contributed by atoms with Gasteiger partial charge in [0.25, 0.3) is 11.8 Å². The maximum atomic E-state index is 13.5. The van der Waals surface area contributed by atoms with Gasteiger partial charge in [0, 0.05) is 48.1 Å². The Bertz CT molecular complexity index is 1350. The maximum absolute atomic E-state index is 13.5. The highest BCUT2D eigenvalue weighted by Crippen LogP contribution is 2.49. The first kappa shape index (κ1) is 24.1. The minimum Gasteiger partial charge on any atom is -0.489 e. The van der Waals surface area contributed by atoms with Crippen LogP contribution in [0.15, 0.2) is 36.4 Å². The quantitative estimate of drug-likeness (QED) is 0.583. The second-order valence-corrected chi connectivity index (χ2v) is 11.9. The monoisotopic (exact) mass is 537 g/mol. The Morgan fingerprint density at radius 2 is 1.79 bits per heavy atom. The van der Waals surface area contributed by atoms with Crippen LogP contribution in [-0.4, -0.2) is 58.3 Å². The van der Waals surface area contributed by atoms with E-state index in [0.29, 0.717) is 41.9 Å². The lowest BCUT2D eigenvalue weighted by atomic mass is 9.63. The Morgan fingerprint density at radius 3 is 2.55 bits per heavy atom. The number of piperidine rings is 2. The van der Waals surface area contributed by atoms with Crippen molar-refractivity contribution in [3.8, 4) is 5.75 Å². The molecule has 1 N–H and O–H groups in total. The number of likely N-dealkylation sites (tertiary alicyclic amines) is 1. The van der Waals surface area contributed by atoms with Crippen molar-refractivity contribution in [2.24, 2.45) is 5.92 Å². The van der Waals surface area contributed by atoms with Gasteiger partial charge in [0.15, 0.2) is 0 Å². The first-order valence-corrected chi connectivity index (χ1v) is 13.9. The van der Waals surface area contributed by atoms with E-state index in [1.807, 2.05) is 12.1 Å². The van der Waals surface area contributed by atoms with Crippen LogP contribution in [0.25, 0.3) is 0 Å². The zero-order valence-corrected chi connectivity index (χ0v) is 21.7. The van der Waals surface area contributed by atoms with Gasteiger partial charge in [0.1, 0.15) is 23.2 Å². The van der Waals surface area contributed by atoms with Gasteiger partial charge in [-0.2, -0.15) is 0 Å². The molecule has 3 saturated heterocycles. The van der Waals surface area contributed by atoms with Crippen LogP contribution in [0.1, 0.15) is 65.9 Å². The summed E-state index contributed by atoms with van der Waals surface area (Å²) >= 11 is 6.30. The molecule has 6 aliphatic rings. The second kappa shape index (κ2) is 8.78. The number of benzene rings is 2. The van der Waals surface area contributed by atoms with Crippen LogP contribution in [-0.2, 0) is 16.1 Å². The third-order valence-corrected chi connectivity index (χ3v) is 9.66. The standard InChI is InChI=1S/C29H29ClFN3O4/c30-23-10-19(31)5-7-21(23)18-13-33(14-18)24-3-1-2-4-25(24)38-20-6-8-22-16(9-20)15-34(27(22)36)29-11-17(12-29)26(35)32-28(29)37/h5-10,17-18,24-25H,1-4,11-15H2,(H,32,35,37)/t17?,24-,25-,29?/m0/s1. The number of carbonyl (C=O) groups excluding carboxylic acids is 3. The summed E-state index contributed by atoms with van der Waals surface area (Å²) in [6.45, 7) is 2.09. The summed E-state index contributed by atoms with van der Waals surface area (Å²) in [4.78, 5) is 41.9. The van der Waals surface area contributed by atoms with E-state index in [0.717, 1.165) is 55.6 Å². The fraction of sp³-hybridized carbons (Fsp3) is 0.483. The fourth-order valence-corrected chi connectivity index (χ4v) is 7.46. The van der Waals surface area contributed by atoms with Gasteiger partial charge in [0.2, 0.25) is 5.91 Å². The maximum Gasteiger partial charge on any atom is 0.255 e. The van der Waals surface area contributed by atoms with Crippen molar-refractivity contribution in [3.05, 3.63) is 63.9 Å². The van der Waals surface area contributed by atoms with Crippen LogP contribution in [0.5, 0.6) is 5.75 Å². The SMILES string of the molecule is O=C1NC(=O)C2(N3Cc4cc(O[C@H]5CCCC[C@@H]5N5CC(c6ccc(F)cc6Cl)C5)ccc4C3=O)CC1C2. The molecule has 0 unspecified atom stereocenters. The number of imide groups is 1.